The Bertz CT molecular complexity index is 701. The summed E-state index contributed by atoms with van der Waals surface area (Å²) in [7, 11) is 0. The predicted octanol–water partition coefficient (Wildman–Crippen LogP) is 2.07. The minimum absolute atomic E-state index is 0.0463. The highest BCUT2D eigenvalue weighted by molar-refractivity contribution is 5.89. The number of aryl methyl sites for hydroxylation is 1. The van der Waals surface area contributed by atoms with Crippen LogP contribution in [0.2, 0.25) is 0 Å². The number of aliphatic hydroxyl groups is 1. The summed E-state index contributed by atoms with van der Waals surface area (Å²) < 4.78 is 0. The average Bonchev–Trinajstić information content (AvgIpc) is 2.55. The number of nitro benzene ring substituents is 1. The fraction of sp³-hybridized carbons (Fsp3) is 0.188. The molecule has 0 aliphatic heterocycles. The average molecular weight is 333 g/mol. The van der Waals surface area contributed by atoms with Gasteiger partial charge in [0.25, 0.3) is 5.69 Å². The lowest BCUT2D eigenvalue weighted by Gasteiger charge is -1.98. The molecule has 0 aliphatic rings. The zero-order chi connectivity index (χ0) is 18.1. The van der Waals surface area contributed by atoms with Crippen molar-refractivity contribution in [1.82, 2.24) is 0 Å². The van der Waals surface area contributed by atoms with Crippen LogP contribution in [0.4, 0.5) is 17.1 Å². The molecule has 128 valence electrons. The molecule has 24 heavy (non-hydrogen) atoms. The molecular weight excluding hydrogens is 314 g/mol. The van der Waals surface area contributed by atoms with E-state index >= 15 is 0 Å². The van der Waals surface area contributed by atoms with Gasteiger partial charge in [0.2, 0.25) is 0 Å². The number of carboxylic acids is 1. The summed E-state index contributed by atoms with van der Waals surface area (Å²) in [6.07, 6.45) is 1.75. The second-order valence-electron chi connectivity index (χ2n) is 4.90. The molecule has 6 N–H and O–H groups in total. The first-order valence-electron chi connectivity index (χ1n) is 7.07. The van der Waals surface area contributed by atoms with E-state index in [0.29, 0.717) is 0 Å². The van der Waals surface area contributed by atoms with E-state index in [1.807, 2.05) is 24.3 Å². The largest absolute Gasteiger partial charge is 0.478 e. The monoisotopic (exact) mass is 333 g/mol. The lowest BCUT2D eigenvalue weighted by Crippen LogP contribution is -2.00. The summed E-state index contributed by atoms with van der Waals surface area (Å²) in [5.74, 6) is -1.22. The van der Waals surface area contributed by atoms with Crippen molar-refractivity contribution in [3.63, 3.8) is 0 Å². The Morgan fingerprint density at radius 2 is 1.75 bits per heavy atom. The maximum Gasteiger partial charge on any atom is 0.335 e. The first-order valence-corrected chi connectivity index (χ1v) is 7.07. The number of aromatic carboxylic acids is 1. The van der Waals surface area contributed by atoms with Gasteiger partial charge in [0.15, 0.2) is 0 Å². The van der Waals surface area contributed by atoms with Crippen LogP contribution < -0.4 is 11.5 Å². The van der Waals surface area contributed by atoms with Gasteiger partial charge in [0, 0.05) is 18.4 Å². The van der Waals surface area contributed by atoms with Gasteiger partial charge < -0.3 is 21.7 Å². The minimum atomic E-state index is -1.22. The molecule has 0 aromatic heterocycles. The molecule has 0 amide bonds. The van der Waals surface area contributed by atoms with E-state index in [4.69, 9.17) is 21.7 Å². The van der Waals surface area contributed by atoms with Gasteiger partial charge in [-0.3, -0.25) is 10.1 Å². The van der Waals surface area contributed by atoms with Crippen molar-refractivity contribution in [3.05, 3.63) is 63.7 Å². The molecule has 8 heteroatoms. The molecule has 2 rings (SSSR count). The maximum atomic E-state index is 10.4. The van der Waals surface area contributed by atoms with Gasteiger partial charge in [0.1, 0.15) is 5.69 Å². The topological polar surface area (TPSA) is 153 Å². The van der Waals surface area contributed by atoms with E-state index in [0.717, 1.165) is 24.6 Å². The molecule has 0 heterocycles. The highest BCUT2D eigenvalue weighted by atomic mass is 16.6. The van der Waals surface area contributed by atoms with Crippen LogP contribution in [-0.4, -0.2) is 27.7 Å². The van der Waals surface area contributed by atoms with Crippen molar-refractivity contribution >= 4 is 23.0 Å². The number of hydrogen-bond donors (Lipinski definition) is 4. The highest BCUT2D eigenvalue weighted by Gasteiger charge is 2.14. The van der Waals surface area contributed by atoms with Crippen molar-refractivity contribution in [3.8, 4) is 0 Å². The smallest absolute Gasteiger partial charge is 0.335 e. The molecule has 0 spiro atoms. The number of aliphatic hydroxyl groups excluding tert-OH is 1. The van der Waals surface area contributed by atoms with Crippen molar-refractivity contribution < 1.29 is 19.9 Å². The molecule has 2 aromatic carbocycles. The number of nitro groups is 1. The van der Waals surface area contributed by atoms with Gasteiger partial charge >= 0.3 is 5.97 Å². The molecule has 0 saturated carbocycles. The van der Waals surface area contributed by atoms with Gasteiger partial charge in [-0.1, -0.05) is 12.1 Å². The molecule has 0 fully saturated rings. The third-order valence-corrected chi connectivity index (χ3v) is 3.08. The molecule has 0 bridgehead atoms. The summed E-state index contributed by atoms with van der Waals surface area (Å²) in [6.45, 7) is 0.254. The van der Waals surface area contributed by atoms with E-state index < -0.39 is 10.9 Å². The predicted molar refractivity (Wildman–Crippen MR) is 90.7 cm³/mol. The zero-order valence-corrected chi connectivity index (χ0v) is 12.9. The Morgan fingerprint density at radius 3 is 2.25 bits per heavy atom. The second kappa shape index (κ2) is 9.11. The quantitative estimate of drug-likeness (QED) is 0.371. The van der Waals surface area contributed by atoms with Gasteiger partial charge in [-0.15, -0.1) is 0 Å². The van der Waals surface area contributed by atoms with Gasteiger partial charge in [-0.05, 0) is 42.7 Å². The highest BCUT2D eigenvalue weighted by Crippen LogP contribution is 2.22. The fourth-order valence-corrected chi connectivity index (χ4v) is 1.80. The Morgan fingerprint density at radius 1 is 1.12 bits per heavy atom. The van der Waals surface area contributed by atoms with E-state index in [1.165, 1.54) is 17.7 Å². The molecular formula is C16H19N3O5. The normalized spacial score (nSPS) is 9.71. The first kappa shape index (κ1) is 18.9. The lowest BCUT2D eigenvalue weighted by molar-refractivity contribution is -0.383. The number of rotatable bonds is 5. The Kier molecular flexibility index (Phi) is 7.18. The molecule has 2 aromatic rings. The molecule has 0 aliphatic carbocycles. The van der Waals surface area contributed by atoms with Gasteiger partial charge in [-0.25, -0.2) is 4.79 Å². The van der Waals surface area contributed by atoms with Crippen LogP contribution >= 0.6 is 0 Å². The molecule has 0 atom stereocenters. The van der Waals surface area contributed by atoms with Crippen LogP contribution in [0.25, 0.3) is 0 Å². The van der Waals surface area contributed by atoms with Crippen LogP contribution in [0.5, 0.6) is 0 Å². The first-order chi connectivity index (χ1) is 11.3. The van der Waals surface area contributed by atoms with E-state index in [1.54, 1.807) is 0 Å². The molecule has 8 nitrogen and oxygen atoms in total. The summed E-state index contributed by atoms with van der Waals surface area (Å²) in [4.78, 5) is 20.0. The molecule has 0 saturated heterocycles. The number of carboxylic acid groups (broad SMARTS) is 1. The SMILES string of the molecule is Nc1ccc(C(=O)O)cc1[N+](=O)[O-].Nc1ccc(CCCO)cc1. The van der Waals surface area contributed by atoms with E-state index in [-0.39, 0.29) is 23.5 Å². The fourth-order valence-electron chi connectivity index (χ4n) is 1.80. The molecule has 0 unspecified atom stereocenters. The van der Waals surface area contributed by atoms with Crippen LogP contribution in [-0.2, 0) is 6.42 Å². The zero-order valence-electron chi connectivity index (χ0n) is 12.9. The van der Waals surface area contributed by atoms with Crippen LogP contribution in [0, 0.1) is 10.1 Å². The third kappa shape index (κ3) is 5.93. The minimum Gasteiger partial charge on any atom is -0.478 e. The second-order valence-corrected chi connectivity index (χ2v) is 4.90. The van der Waals surface area contributed by atoms with Crippen LogP contribution in [0.15, 0.2) is 42.5 Å². The maximum absolute atomic E-state index is 10.4. The number of nitrogens with zero attached hydrogens (tertiary/aromatic N) is 1. The number of carbonyl (C=O) groups is 1. The van der Waals surface area contributed by atoms with Crippen LogP contribution in [0.3, 0.4) is 0 Å². The lowest BCUT2D eigenvalue weighted by atomic mass is 10.1. The Balaban J connectivity index is 0.000000243. The summed E-state index contributed by atoms with van der Waals surface area (Å²) in [5, 5.41) is 27.4. The number of nitrogen functional groups attached to an aromatic ring is 2. The van der Waals surface area contributed by atoms with Crippen molar-refractivity contribution in [2.24, 2.45) is 0 Å². The summed E-state index contributed by atoms with van der Waals surface area (Å²) >= 11 is 0. The Hall–Kier alpha value is -3.13. The number of hydrogen-bond acceptors (Lipinski definition) is 6. The summed E-state index contributed by atoms with van der Waals surface area (Å²) in [5.41, 5.74) is 12.2. The molecule has 0 radical (unpaired) electrons. The van der Waals surface area contributed by atoms with Gasteiger partial charge in [-0.2, -0.15) is 0 Å². The van der Waals surface area contributed by atoms with Crippen molar-refractivity contribution in [2.75, 3.05) is 18.1 Å². The summed E-state index contributed by atoms with van der Waals surface area (Å²) in [6, 6.07) is 11.1. The Labute approximate surface area is 138 Å². The number of benzene rings is 2. The van der Waals surface area contributed by atoms with Crippen LogP contribution in [0.1, 0.15) is 22.3 Å². The van der Waals surface area contributed by atoms with Gasteiger partial charge in [0.05, 0.1) is 10.5 Å². The third-order valence-electron chi connectivity index (χ3n) is 3.08. The number of nitrogens with two attached hydrogens (primary N) is 2. The number of anilines is 2. The standard InChI is InChI=1S/C9H13NO.C7H6N2O4/c10-9-5-3-8(4-6-9)2-1-7-11;8-5-2-1-4(7(10)11)3-6(5)9(12)13/h3-6,11H,1-2,7,10H2;1-3H,8H2,(H,10,11). The van der Waals surface area contributed by atoms with E-state index in [9.17, 15) is 14.9 Å². The van der Waals surface area contributed by atoms with Crippen molar-refractivity contribution in [2.45, 2.75) is 12.8 Å². The van der Waals surface area contributed by atoms with E-state index in [2.05, 4.69) is 0 Å². The van der Waals surface area contributed by atoms with Crippen molar-refractivity contribution in [1.29, 1.82) is 0 Å².